The van der Waals surface area contributed by atoms with Crippen LogP contribution >= 0.6 is 0 Å². The van der Waals surface area contributed by atoms with Gasteiger partial charge >= 0.3 is 0 Å². The maximum Gasteiger partial charge on any atom is 0.232 e. The molecule has 1 amide bonds. The van der Waals surface area contributed by atoms with Gasteiger partial charge in [0.15, 0.2) is 0 Å². The van der Waals surface area contributed by atoms with E-state index < -0.39 is 10.0 Å². The summed E-state index contributed by atoms with van der Waals surface area (Å²) >= 11 is 0. The summed E-state index contributed by atoms with van der Waals surface area (Å²) in [5.41, 5.74) is 4.18. The molecule has 0 radical (unpaired) electrons. The first-order valence-electron chi connectivity index (χ1n) is 10.2. The Hall–Kier alpha value is -3.46. The summed E-state index contributed by atoms with van der Waals surface area (Å²) in [5.74, 6) is 0.439. The van der Waals surface area contributed by atoms with Gasteiger partial charge in [0.1, 0.15) is 0 Å². The summed E-state index contributed by atoms with van der Waals surface area (Å²) in [6, 6.07) is 16.8. The number of carbonyl (C=O) groups is 1. The van der Waals surface area contributed by atoms with Crippen molar-refractivity contribution in [2.45, 2.75) is 19.3 Å². The van der Waals surface area contributed by atoms with Crippen molar-refractivity contribution in [3.05, 3.63) is 77.6 Å². The number of benzene rings is 2. The fraction of sp³-hybridized carbons (Fsp3) is 0.261. The number of hydrogen-bond acceptors (Lipinski definition) is 6. The zero-order chi connectivity index (χ0) is 23.1. The predicted molar refractivity (Wildman–Crippen MR) is 127 cm³/mol. The van der Waals surface area contributed by atoms with Gasteiger partial charge < -0.3 is 10.6 Å². The van der Waals surface area contributed by atoms with E-state index >= 15 is 0 Å². The van der Waals surface area contributed by atoms with Crippen LogP contribution in [0.15, 0.2) is 60.8 Å². The molecule has 0 atom stereocenters. The van der Waals surface area contributed by atoms with Crippen molar-refractivity contribution < 1.29 is 13.2 Å². The quantitative estimate of drug-likeness (QED) is 0.516. The highest BCUT2D eigenvalue weighted by molar-refractivity contribution is 7.92. The Bertz CT molecular complexity index is 1180. The van der Waals surface area contributed by atoms with Gasteiger partial charge in [0.25, 0.3) is 0 Å². The standard InChI is InChI=1S/C23H27N5O3S/c1-24-22(29)16-17-8-11-19(12-9-17)26-23-25-15-14-20(27-23)13-10-18-6-4-5-7-21(18)28(2)32(3,30)31/h4-9,11-12,14-15H,10,13,16H2,1-3H3,(H,24,29)(H,25,26,27). The summed E-state index contributed by atoms with van der Waals surface area (Å²) in [5, 5.41) is 5.78. The maximum atomic E-state index is 11.9. The zero-order valence-corrected chi connectivity index (χ0v) is 19.2. The Labute approximate surface area is 188 Å². The van der Waals surface area contributed by atoms with Crippen molar-refractivity contribution in [3.8, 4) is 0 Å². The number of aryl methyl sites for hydroxylation is 2. The second-order valence-electron chi connectivity index (χ2n) is 7.40. The fourth-order valence-electron chi connectivity index (χ4n) is 3.18. The van der Waals surface area contributed by atoms with Gasteiger partial charge in [-0.25, -0.2) is 18.4 Å². The van der Waals surface area contributed by atoms with Crippen molar-refractivity contribution in [3.63, 3.8) is 0 Å². The Morgan fingerprint density at radius 1 is 1.03 bits per heavy atom. The van der Waals surface area contributed by atoms with Crippen molar-refractivity contribution in [1.82, 2.24) is 15.3 Å². The van der Waals surface area contributed by atoms with Gasteiger partial charge in [-0.05, 0) is 48.2 Å². The molecule has 168 valence electrons. The van der Waals surface area contributed by atoms with E-state index in [9.17, 15) is 13.2 Å². The highest BCUT2D eigenvalue weighted by Crippen LogP contribution is 2.23. The molecule has 0 bridgehead atoms. The molecule has 3 rings (SSSR count). The lowest BCUT2D eigenvalue weighted by Crippen LogP contribution is -2.26. The molecule has 0 fully saturated rings. The molecule has 8 nitrogen and oxygen atoms in total. The second kappa shape index (κ2) is 10.2. The third-order valence-electron chi connectivity index (χ3n) is 5.05. The molecule has 1 aromatic heterocycles. The Balaban J connectivity index is 1.67. The molecule has 0 unspecified atom stereocenters. The normalized spacial score (nSPS) is 11.1. The van der Waals surface area contributed by atoms with Gasteiger partial charge in [0, 0.05) is 31.7 Å². The average Bonchev–Trinajstić information content (AvgIpc) is 2.78. The number of anilines is 3. The molecular weight excluding hydrogens is 426 g/mol. The predicted octanol–water partition coefficient (Wildman–Crippen LogP) is 2.69. The number of amides is 1. The van der Waals surface area contributed by atoms with Crippen LogP contribution in [0, 0.1) is 0 Å². The third kappa shape index (κ3) is 6.27. The van der Waals surface area contributed by atoms with E-state index in [2.05, 4.69) is 20.6 Å². The van der Waals surface area contributed by atoms with Crippen molar-refractivity contribution >= 4 is 33.3 Å². The van der Waals surface area contributed by atoms with Crippen molar-refractivity contribution in [2.75, 3.05) is 30.0 Å². The van der Waals surface area contributed by atoms with Crippen LogP contribution in [0.5, 0.6) is 0 Å². The fourth-order valence-corrected chi connectivity index (χ4v) is 3.71. The van der Waals surface area contributed by atoms with E-state index in [1.54, 1.807) is 26.4 Å². The first-order chi connectivity index (χ1) is 15.3. The monoisotopic (exact) mass is 453 g/mol. The van der Waals surface area contributed by atoms with Gasteiger partial charge in [-0.2, -0.15) is 0 Å². The SMILES string of the molecule is CNC(=O)Cc1ccc(Nc2nccc(CCc3ccccc3N(C)S(C)(=O)=O)n2)cc1. The molecule has 9 heteroatoms. The van der Waals surface area contributed by atoms with E-state index in [0.717, 1.165) is 22.5 Å². The molecule has 2 aromatic carbocycles. The molecule has 3 aromatic rings. The van der Waals surface area contributed by atoms with E-state index in [0.29, 0.717) is 30.9 Å². The molecule has 2 N–H and O–H groups in total. The molecule has 0 aliphatic rings. The minimum absolute atomic E-state index is 0.0361. The van der Waals surface area contributed by atoms with Crippen LogP contribution in [0.1, 0.15) is 16.8 Å². The van der Waals surface area contributed by atoms with E-state index in [-0.39, 0.29) is 5.91 Å². The Morgan fingerprint density at radius 3 is 2.44 bits per heavy atom. The molecule has 32 heavy (non-hydrogen) atoms. The lowest BCUT2D eigenvalue weighted by atomic mass is 10.1. The largest absolute Gasteiger partial charge is 0.359 e. The zero-order valence-electron chi connectivity index (χ0n) is 18.4. The number of sulfonamides is 1. The molecule has 0 aliphatic carbocycles. The molecule has 0 saturated carbocycles. The van der Waals surface area contributed by atoms with Crippen LogP contribution < -0.4 is 14.9 Å². The van der Waals surface area contributed by atoms with E-state index in [1.165, 1.54) is 10.6 Å². The van der Waals surface area contributed by atoms with Crippen LogP contribution in [0.25, 0.3) is 0 Å². The number of likely N-dealkylation sites (N-methyl/N-ethyl adjacent to an activating group) is 1. The van der Waals surface area contributed by atoms with Crippen LogP contribution in [0.4, 0.5) is 17.3 Å². The Kier molecular flexibility index (Phi) is 7.42. The number of aromatic nitrogens is 2. The van der Waals surface area contributed by atoms with Crippen LogP contribution in [0.2, 0.25) is 0 Å². The van der Waals surface area contributed by atoms with Crippen molar-refractivity contribution in [2.24, 2.45) is 0 Å². The third-order valence-corrected chi connectivity index (χ3v) is 6.24. The maximum absolute atomic E-state index is 11.9. The second-order valence-corrected chi connectivity index (χ2v) is 9.42. The number of nitrogens with one attached hydrogen (secondary N) is 2. The molecular formula is C23H27N5O3S. The lowest BCUT2D eigenvalue weighted by molar-refractivity contribution is -0.119. The first kappa shape index (κ1) is 23.2. The number of nitrogens with zero attached hydrogens (tertiary/aromatic N) is 3. The van der Waals surface area contributed by atoms with Crippen LogP contribution in [0.3, 0.4) is 0 Å². The van der Waals surface area contributed by atoms with E-state index in [4.69, 9.17) is 0 Å². The smallest absolute Gasteiger partial charge is 0.232 e. The minimum atomic E-state index is -3.34. The van der Waals surface area contributed by atoms with E-state index in [1.807, 2.05) is 48.5 Å². The topological polar surface area (TPSA) is 104 Å². The number of rotatable bonds is 9. The highest BCUT2D eigenvalue weighted by Gasteiger charge is 2.15. The number of para-hydroxylation sites is 1. The van der Waals surface area contributed by atoms with Gasteiger partial charge in [0.2, 0.25) is 21.9 Å². The van der Waals surface area contributed by atoms with Gasteiger partial charge in [-0.1, -0.05) is 30.3 Å². The summed E-state index contributed by atoms with van der Waals surface area (Å²) in [7, 11) is -0.166. The average molecular weight is 454 g/mol. The highest BCUT2D eigenvalue weighted by atomic mass is 32.2. The van der Waals surface area contributed by atoms with Gasteiger partial charge in [0.05, 0.1) is 18.4 Å². The van der Waals surface area contributed by atoms with Crippen LogP contribution in [-0.4, -0.2) is 44.6 Å². The lowest BCUT2D eigenvalue weighted by Gasteiger charge is -2.20. The summed E-state index contributed by atoms with van der Waals surface area (Å²) in [4.78, 5) is 20.3. The van der Waals surface area contributed by atoms with Gasteiger partial charge in [-0.15, -0.1) is 0 Å². The van der Waals surface area contributed by atoms with Crippen LogP contribution in [-0.2, 0) is 34.1 Å². The molecule has 0 spiro atoms. The summed E-state index contributed by atoms with van der Waals surface area (Å²) in [6.45, 7) is 0. The number of hydrogen-bond donors (Lipinski definition) is 2. The summed E-state index contributed by atoms with van der Waals surface area (Å²) < 4.78 is 25.2. The van der Waals surface area contributed by atoms with Gasteiger partial charge in [-0.3, -0.25) is 9.10 Å². The molecule has 0 aliphatic heterocycles. The number of carbonyl (C=O) groups excluding carboxylic acids is 1. The minimum Gasteiger partial charge on any atom is -0.359 e. The molecule has 1 heterocycles. The van der Waals surface area contributed by atoms with Crippen molar-refractivity contribution in [1.29, 1.82) is 0 Å². The summed E-state index contributed by atoms with van der Waals surface area (Å²) in [6.07, 6.45) is 4.49. The first-order valence-corrected chi connectivity index (χ1v) is 12.0. The molecule has 0 saturated heterocycles. The Morgan fingerprint density at radius 2 is 1.75 bits per heavy atom.